The van der Waals surface area contributed by atoms with Crippen molar-refractivity contribution >= 4 is 10.0 Å². The van der Waals surface area contributed by atoms with Crippen molar-refractivity contribution < 1.29 is 17.9 Å². The maximum atomic E-state index is 12.9. The molecule has 0 aliphatic carbocycles. The number of para-hydroxylation sites is 2. The van der Waals surface area contributed by atoms with Gasteiger partial charge in [0.05, 0.1) is 12.0 Å². The summed E-state index contributed by atoms with van der Waals surface area (Å²) in [5.41, 5.74) is 0.801. The van der Waals surface area contributed by atoms with Crippen LogP contribution in [0, 0.1) is 0 Å². The molecule has 3 rings (SSSR count). The second-order valence-corrected chi connectivity index (χ2v) is 8.00. The summed E-state index contributed by atoms with van der Waals surface area (Å²) in [7, 11) is -0.510. The Bertz CT molecular complexity index is 986. The molecule has 0 amide bonds. The van der Waals surface area contributed by atoms with Gasteiger partial charge in [0.15, 0.2) is 0 Å². The van der Waals surface area contributed by atoms with Crippen molar-refractivity contribution in [2.45, 2.75) is 11.4 Å². The molecular formula is C21H21NO4S. The Kier molecular flexibility index (Phi) is 5.78. The molecule has 0 radical (unpaired) electrons. The van der Waals surface area contributed by atoms with E-state index in [1.807, 2.05) is 54.6 Å². The predicted molar refractivity (Wildman–Crippen MR) is 105 cm³/mol. The van der Waals surface area contributed by atoms with Crippen LogP contribution in [0.5, 0.6) is 17.2 Å². The minimum atomic E-state index is -3.63. The Morgan fingerprint density at radius 1 is 0.815 bits per heavy atom. The lowest BCUT2D eigenvalue weighted by molar-refractivity contribution is 0.398. The van der Waals surface area contributed by atoms with Crippen LogP contribution in [0.25, 0.3) is 0 Å². The predicted octanol–water partition coefficient (Wildman–Crippen LogP) is 4.31. The average molecular weight is 383 g/mol. The Balaban J connectivity index is 1.76. The van der Waals surface area contributed by atoms with E-state index in [2.05, 4.69) is 0 Å². The van der Waals surface area contributed by atoms with Crippen molar-refractivity contribution in [3.8, 4) is 17.2 Å². The molecule has 0 aliphatic rings. The van der Waals surface area contributed by atoms with Gasteiger partial charge < -0.3 is 9.47 Å². The molecule has 0 bridgehead atoms. The molecule has 140 valence electrons. The zero-order valence-corrected chi connectivity index (χ0v) is 16.0. The van der Waals surface area contributed by atoms with Gasteiger partial charge in [0, 0.05) is 19.2 Å². The highest BCUT2D eigenvalue weighted by Gasteiger charge is 2.22. The first-order chi connectivity index (χ1) is 13.0. The van der Waals surface area contributed by atoms with Gasteiger partial charge >= 0.3 is 0 Å². The highest BCUT2D eigenvalue weighted by Crippen LogP contribution is 2.25. The molecule has 0 saturated heterocycles. The number of nitrogens with zero attached hydrogens (tertiary/aromatic N) is 1. The Labute approximate surface area is 159 Å². The van der Waals surface area contributed by atoms with Crippen molar-refractivity contribution in [2.24, 2.45) is 0 Å². The zero-order valence-electron chi connectivity index (χ0n) is 15.2. The second kappa shape index (κ2) is 8.24. The van der Waals surface area contributed by atoms with Gasteiger partial charge in [-0.25, -0.2) is 8.42 Å². The van der Waals surface area contributed by atoms with Crippen molar-refractivity contribution in [3.63, 3.8) is 0 Å². The van der Waals surface area contributed by atoms with Crippen LogP contribution in [0.3, 0.4) is 0 Å². The first kappa shape index (κ1) is 18.9. The maximum Gasteiger partial charge on any atom is 0.243 e. The molecule has 0 aromatic heterocycles. The van der Waals surface area contributed by atoms with Crippen molar-refractivity contribution in [2.75, 3.05) is 14.2 Å². The van der Waals surface area contributed by atoms with Crippen LogP contribution in [0.1, 0.15) is 5.56 Å². The molecule has 0 unspecified atom stereocenters. The highest BCUT2D eigenvalue weighted by atomic mass is 32.2. The van der Waals surface area contributed by atoms with Gasteiger partial charge in [-0.15, -0.1) is 0 Å². The quantitative estimate of drug-likeness (QED) is 0.610. The van der Waals surface area contributed by atoms with Gasteiger partial charge in [-0.2, -0.15) is 4.31 Å². The number of hydrogen-bond donors (Lipinski definition) is 0. The van der Waals surface area contributed by atoms with Gasteiger partial charge in [-0.1, -0.05) is 36.4 Å². The van der Waals surface area contributed by atoms with Crippen LogP contribution in [-0.2, 0) is 16.6 Å². The van der Waals surface area contributed by atoms with E-state index >= 15 is 0 Å². The van der Waals surface area contributed by atoms with E-state index < -0.39 is 10.0 Å². The topological polar surface area (TPSA) is 55.8 Å². The van der Waals surface area contributed by atoms with E-state index in [1.54, 1.807) is 38.4 Å². The third kappa shape index (κ3) is 4.48. The first-order valence-electron chi connectivity index (χ1n) is 8.42. The number of methoxy groups -OCH3 is 1. The van der Waals surface area contributed by atoms with Crippen LogP contribution in [0.15, 0.2) is 83.8 Å². The maximum absolute atomic E-state index is 12.9. The molecule has 0 aliphatic heterocycles. The zero-order chi connectivity index (χ0) is 19.3. The molecule has 6 heteroatoms. The van der Waals surface area contributed by atoms with E-state index in [0.29, 0.717) is 17.2 Å². The first-order valence-corrected chi connectivity index (χ1v) is 9.86. The summed E-state index contributed by atoms with van der Waals surface area (Å²) in [5.74, 6) is 1.93. The molecule has 3 aromatic rings. The third-order valence-corrected chi connectivity index (χ3v) is 5.91. The molecule has 0 N–H and O–H groups in total. The Morgan fingerprint density at radius 2 is 1.41 bits per heavy atom. The molecule has 0 saturated carbocycles. The lowest BCUT2D eigenvalue weighted by Gasteiger charge is -2.19. The summed E-state index contributed by atoms with van der Waals surface area (Å²) < 4.78 is 38.0. The number of sulfonamides is 1. The van der Waals surface area contributed by atoms with Crippen LogP contribution >= 0.6 is 0 Å². The summed E-state index contributed by atoms with van der Waals surface area (Å²) in [6.45, 7) is 0.217. The lowest BCUT2D eigenvalue weighted by atomic mass is 10.2. The van der Waals surface area contributed by atoms with E-state index in [9.17, 15) is 8.42 Å². The molecular weight excluding hydrogens is 362 g/mol. The normalized spacial score (nSPS) is 11.4. The molecule has 3 aromatic carbocycles. The Morgan fingerprint density at radius 3 is 2.07 bits per heavy atom. The van der Waals surface area contributed by atoms with Gasteiger partial charge in [0.1, 0.15) is 17.2 Å². The van der Waals surface area contributed by atoms with Crippen LogP contribution in [0.4, 0.5) is 0 Å². The monoisotopic (exact) mass is 383 g/mol. The fraction of sp³-hybridized carbons (Fsp3) is 0.143. The average Bonchev–Trinajstić information content (AvgIpc) is 2.69. The van der Waals surface area contributed by atoms with E-state index in [4.69, 9.17) is 9.47 Å². The fourth-order valence-electron chi connectivity index (χ4n) is 2.64. The molecule has 27 heavy (non-hydrogen) atoms. The minimum Gasteiger partial charge on any atom is -0.496 e. The number of rotatable bonds is 7. The molecule has 0 fully saturated rings. The van der Waals surface area contributed by atoms with E-state index in [0.717, 1.165) is 5.56 Å². The van der Waals surface area contributed by atoms with Gasteiger partial charge in [0.25, 0.3) is 0 Å². The van der Waals surface area contributed by atoms with Crippen molar-refractivity contribution in [1.82, 2.24) is 4.31 Å². The summed E-state index contributed by atoms with van der Waals surface area (Å²) >= 11 is 0. The fourth-order valence-corrected chi connectivity index (χ4v) is 3.79. The van der Waals surface area contributed by atoms with Crippen LogP contribution in [0.2, 0.25) is 0 Å². The van der Waals surface area contributed by atoms with E-state index in [1.165, 1.54) is 4.31 Å². The summed E-state index contributed by atoms with van der Waals surface area (Å²) in [6.07, 6.45) is 0. The number of benzene rings is 3. The second-order valence-electron chi connectivity index (χ2n) is 5.96. The molecule has 0 heterocycles. The summed E-state index contributed by atoms with van der Waals surface area (Å²) in [6, 6.07) is 23.1. The standard InChI is InChI=1S/C21H21NO4S/c1-22(16-17-8-6-7-11-21(17)25-2)27(23,24)20-14-12-19(13-15-20)26-18-9-4-3-5-10-18/h3-15H,16H2,1-2H3. The Hall–Kier alpha value is -2.83. The summed E-state index contributed by atoms with van der Waals surface area (Å²) in [5, 5.41) is 0. The van der Waals surface area contributed by atoms with Gasteiger partial charge in [0.2, 0.25) is 10.0 Å². The molecule has 0 atom stereocenters. The third-order valence-electron chi connectivity index (χ3n) is 4.10. The molecule has 5 nitrogen and oxygen atoms in total. The highest BCUT2D eigenvalue weighted by molar-refractivity contribution is 7.89. The minimum absolute atomic E-state index is 0.209. The van der Waals surface area contributed by atoms with Gasteiger partial charge in [-0.05, 0) is 42.5 Å². The van der Waals surface area contributed by atoms with Crippen molar-refractivity contribution in [1.29, 1.82) is 0 Å². The van der Waals surface area contributed by atoms with E-state index in [-0.39, 0.29) is 11.4 Å². The number of ether oxygens (including phenoxy) is 2. The number of hydrogen-bond acceptors (Lipinski definition) is 4. The van der Waals surface area contributed by atoms with Crippen LogP contribution < -0.4 is 9.47 Å². The van der Waals surface area contributed by atoms with Crippen molar-refractivity contribution in [3.05, 3.63) is 84.4 Å². The smallest absolute Gasteiger partial charge is 0.243 e. The SMILES string of the molecule is COc1ccccc1CN(C)S(=O)(=O)c1ccc(Oc2ccccc2)cc1. The molecule has 0 spiro atoms. The largest absolute Gasteiger partial charge is 0.496 e. The van der Waals surface area contributed by atoms with Crippen LogP contribution in [-0.4, -0.2) is 26.9 Å². The summed E-state index contributed by atoms with van der Waals surface area (Å²) in [4.78, 5) is 0.209. The lowest BCUT2D eigenvalue weighted by Crippen LogP contribution is -2.26. The van der Waals surface area contributed by atoms with Gasteiger partial charge in [-0.3, -0.25) is 0 Å².